The zero-order valence-corrected chi connectivity index (χ0v) is 7.88. The van der Waals surface area contributed by atoms with E-state index < -0.39 is 12.0 Å². The number of benzene rings is 1. The van der Waals surface area contributed by atoms with Gasteiger partial charge in [0.25, 0.3) is 0 Å². The van der Waals surface area contributed by atoms with Crippen molar-refractivity contribution >= 4 is 16.9 Å². The normalized spacial score (nSPS) is 12.9. The van der Waals surface area contributed by atoms with Gasteiger partial charge in [-0.1, -0.05) is 17.3 Å². The van der Waals surface area contributed by atoms with Crippen molar-refractivity contribution in [1.82, 2.24) is 5.16 Å². The lowest BCUT2D eigenvalue weighted by Crippen LogP contribution is -2.15. The van der Waals surface area contributed by atoms with E-state index >= 15 is 0 Å². The van der Waals surface area contributed by atoms with Gasteiger partial charge in [0.2, 0.25) is 0 Å². The van der Waals surface area contributed by atoms with E-state index in [-0.39, 0.29) is 6.42 Å². The molecule has 5 nitrogen and oxygen atoms in total. The van der Waals surface area contributed by atoms with Gasteiger partial charge in [0, 0.05) is 11.4 Å². The number of hydrogen-bond donors (Lipinski definition) is 2. The number of nitrogens with zero attached hydrogens (tertiary/aromatic N) is 1. The van der Waals surface area contributed by atoms with Crippen molar-refractivity contribution in [3.63, 3.8) is 0 Å². The summed E-state index contributed by atoms with van der Waals surface area (Å²) in [6.07, 6.45) is 1.44. The van der Waals surface area contributed by atoms with Crippen LogP contribution in [0.2, 0.25) is 0 Å². The van der Waals surface area contributed by atoms with Crippen LogP contribution in [-0.4, -0.2) is 16.2 Å². The quantitative estimate of drug-likeness (QED) is 0.790. The van der Waals surface area contributed by atoms with Crippen LogP contribution >= 0.6 is 0 Å². The van der Waals surface area contributed by atoms with Crippen molar-refractivity contribution in [1.29, 1.82) is 0 Å². The number of fused-ring (bicyclic) bond motifs is 1. The Hall–Kier alpha value is -1.88. The number of hydrogen-bond acceptors (Lipinski definition) is 4. The lowest BCUT2D eigenvalue weighted by atomic mass is 10.0. The summed E-state index contributed by atoms with van der Waals surface area (Å²) in [5, 5.41) is 13.1. The maximum absolute atomic E-state index is 10.5. The van der Waals surface area contributed by atoms with Crippen LogP contribution in [0.15, 0.2) is 28.9 Å². The van der Waals surface area contributed by atoms with Gasteiger partial charge in [0.15, 0.2) is 5.58 Å². The maximum atomic E-state index is 10.5. The molecule has 0 saturated carbocycles. The highest BCUT2D eigenvalue weighted by atomic mass is 16.5. The fraction of sp³-hybridized carbons (Fsp3) is 0.200. The molecule has 0 radical (unpaired) electrons. The smallest absolute Gasteiger partial charge is 0.305 e. The van der Waals surface area contributed by atoms with Crippen LogP contribution in [0, 0.1) is 0 Å². The minimum atomic E-state index is -0.920. The first-order chi connectivity index (χ1) is 7.18. The second-order valence-corrected chi connectivity index (χ2v) is 3.29. The average molecular weight is 206 g/mol. The predicted molar refractivity (Wildman–Crippen MR) is 53.2 cm³/mol. The van der Waals surface area contributed by atoms with E-state index in [4.69, 9.17) is 15.4 Å². The zero-order valence-electron chi connectivity index (χ0n) is 7.88. The minimum absolute atomic E-state index is 0.107. The van der Waals surface area contributed by atoms with Crippen LogP contribution in [0.25, 0.3) is 11.0 Å². The molecule has 1 unspecified atom stereocenters. The Balaban J connectivity index is 2.42. The van der Waals surface area contributed by atoms with E-state index in [0.717, 1.165) is 10.9 Å². The van der Waals surface area contributed by atoms with Gasteiger partial charge in [0.1, 0.15) is 0 Å². The lowest BCUT2D eigenvalue weighted by Gasteiger charge is -2.09. The molecule has 78 valence electrons. The highest BCUT2D eigenvalue weighted by Crippen LogP contribution is 2.24. The third-order valence-corrected chi connectivity index (χ3v) is 2.23. The molecule has 0 aliphatic rings. The summed E-state index contributed by atoms with van der Waals surface area (Å²) in [5.74, 6) is -0.920. The Morgan fingerprint density at radius 3 is 3.13 bits per heavy atom. The van der Waals surface area contributed by atoms with Gasteiger partial charge in [0.05, 0.1) is 12.6 Å². The van der Waals surface area contributed by atoms with Crippen molar-refractivity contribution in [3.8, 4) is 0 Å². The van der Waals surface area contributed by atoms with Crippen molar-refractivity contribution in [2.75, 3.05) is 0 Å². The van der Waals surface area contributed by atoms with Gasteiger partial charge in [-0.3, -0.25) is 4.79 Å². The van der Waals surface area contributed by atoms with Gasteiger partial charge >= 0.3 is 5.97 Å². The largest absolute Gasteiger partial charge is 0.481 e. The van der Waals surface area contributed by atoms with Gasteiger partial charge in [-0.15, -0.1) is 0 Å². The van der Waals surface area contributed by atoms with Crippen molar-refractivity contribution in [2.24, 2.45) is 5.73 Å². The Bertz CT molecular complexity index is 492. The molecule has 1 atom stereocenters. The number of aromatic nitrogens is 1. The maximum Gasteiger partial charge on any atom is 0.305 e. The van der Waals surface area contributed by atoms with Gasteiger partial charge in [-0.2, -0.15) is 0 Å². The highest BCUT2D eigenvalue weighted by Gasteiger charge is 2.14. The Morgan fingerprint density at radius 1 is 1.60 bits per heavy atom. The van der Waals surface area contributed by atoms with Gasteiger partial charge < -0.3 is 15.4 Å². The monoisotopic (exact) mass is 206 g/mol. The SMILES string of the molecule is NC(CC(=O)O)c1cccc2oncc12. The van der Waals surface area contributed by atoms with E-state index in [1.165, 1.54) is 0 Å². The van der Waals surface area contributed by atoms with Crippen LogP contribution in [-0.2, 0) is 4.79 Å². The summed E-state index contributed by atoms with van der Waals surface area (Å²) in [4.78, 5) is 10.5. The fourth-order valence-electron chi connectivity index (χ4n) is 1.54. The van der Waals surface area contributed by atoms with Crippen LogP contribution in [0.3, 0.4) is 0 Å². The third-order valence-electron chi connectivity index (χ3n) is 2.23. The fourth-order valence-corrected chi connectivity index (χ4v) is 1.54. The number of carboxylic acids is 1. The Kier molecular flexibility index (Phi) is 2.39. The van der Waals surface area contributed by atoms with E-state index in [1.807, 2.05) is 0 Å². The molecular formula is C10H10N2O3. The van der Waals surface area contributed by atoms with Gasteiger partial charge in [-0.25, -0.2) is 0 Å². The molecule has 0 bridgehead atoms. The molecule has 1 aromatic heterocycles. The molecule has 2 rings (SSSR count). The number of aliphatic carboxylic acids is 1. The van der Waals surface area contributed by atoms with E-state index in [9.17, 15) is 4.79 Å². The molecule has 3 N–H and O–H groups in total. The van der Waals surface area contributed by atoms with Crippen LogP contribution < -0.4 is 5.73 Å². The summed E-state index contributed by atoms with van der Waals surface area (Å²) in [6.45, 7) is 0. The van der Waals surface area contributed by atoms with Crippen molar-refractivity contribution < 1.29 is 14.4 Å². The predicted octanol–water partition coefficient (Wildman–Crippen LogP) is 1.30. The van der Waals surface area contributed by atoms with Crippen LogP contribution in [0.1, 0.15) is 18.0 Å². The van der Waals surface area contributed by atoms with E-state index in [2.05, 4.69) is 5.16 Å². The molecule has 0 fully saturated rings. The van der Waals surface area contributed by atoms with Crippen molar-refractivity contribution in [2.45, 2.75) is 12.5 Å². The summed E-state index contributed by atoms with van der Waals surface area (Å²) in [5.41, 5.74) is 7.14. The summed E-state index contributed by atoms with van der Waals surface area (Å²) in [7, 11) is 0. The Morgan fingerprint density at radius 2 is 2.40 bits per heavy atom. The zero-order chi connectivity index (χ0) is 10.8. The van der Waals surface area contributed by atoms with Crippen LogP contribution in [0.5, 0.6) is 0 Å². The molecule has 5 heteroatoms. The van der Waals surface area contributed by atoms with Gasteiger partial charge in [-0.05, 0) is 11.6 Å². The molecule has 0 spiro atoms. The average Bonchev–Trinajstić information content (AvgIpc) is 2.63. The number of carboxylic acid groups (broad SMARTS) is 1. The number of carbonyl (C=O) groups is 1. The van der Waals surface area contributed by atoms with E-state index in [0.29, 0.717) is 5.58 Å². The van der Waals surface area contributed by atoms with E-state index in [1.54, 1.807) is 24.4 Å². The second-order valence-electron chi connectivity index (χ2n) is 3.29. The number of rotatable bonds is 3. The molecule has 1 heterocycles. The molecule has 0 amide bonds. The first-order valence-corrected chi connectivity index (χ1v) is 4.49. The molecule has 15 heavy (non-hydrogen) atoms. The topological polar surface area (TPSA) is 89.4 Å². The summed E-state index contributed by atoms with van der Waals surface area (Å²) in [6, 6.07) is 4.78. The molecule has 1 aromatic carbocycles. The number of nitrogens with two attached hydrogens (primary N) is 1. The van der Waals surface area contributed by atoms with Crippen molar-refractivity contribution in [3.05, 3.63) is 30.0 Å². The molecule has 0 saturated heterocycles. The molecular weight excluding hydrogens is 196 g/mol. The summed E-state index contributed by atoms with van der Waals surface area (Å²) < 4.78 is 4.96. The first kappa shape index (κ1) is 9.67. The third kappa shape index (κ3) is 1.82. The minimum Gasteiger partial charge on any atom is -0.481 e. The summed E-state index contributed by atoms with van der Waals surface area (Å²) >= 11 is 0. The highest BCUT2D eigenvalue weighted by molar-refractivity contribution is 5.81. The lowest BCUT2D eigenvalue weighted by molar-refractivity contribution is -0.137. The Labute approximate surface area is 85.5 Å². The second kappa shape index (κ2) is 3.70. The first-order valence-electron chi connectivity index (χ1n) is 4.49. The standard InChI is InChI=1S/C10H10N2O3/c11-8(4-10(13)14)6-2-1-3-9-7(6)5-12-15-9/h1-3,5,8H,4,11H2,(H,13,14). The molecule has 2 aromatic rings. The van der Waals surface area contributed by atoms with Crippen LogP contribution in [0.4, 0.5) is 0 Å². The molecule has 0 aliphatic heterocycles. The molecule has 0 aliphatic carbocycles.